The zero-order valence-corrected chi connectivity index (χ0v) is 26.8. The van der Waals surface area contributed by atoms with Crippen molar-refractivity contribution in [2.75, 3.05) is 39.4 Å². The summed E-state index contributed by atoms with van der Waals surface area (Å²) in [6.45, 7) is 2.28. The number of nitrogens with one attached hydrogen (secondary N) is 3. The SMILES string of the molecule is C[C@@H]1NC(=O)COc2cccc(c2)CC2(CCN(C(=O)CCc3cccnc3)CC2)CNC(=O)[C@H](CO)NC(=O)[C@@H]2CCCN2C1=O. The third kappa shape index (κ3) is 8.64. The Morgan fingerprint density at radius 3 is 2.62 bits per heavy atom. The number of hydrogen-bond donors (Lipinski definition) is 4. The van der Waals surface area contributed by atoms with Crippen LogP contribution in [-0.4, -0.2) is 107 Å². The first-order valence-corrected chi connectivity index (χ1v) is 16.3. The number of rotatable bonds is 4. The van der Waals surface area contributed by atoms with Crippen molar-refractivity contribution in [3.05, 3.63) is 59.9 Å². The van der Waals surface area contributed by atoms with Crippen molar-refractivity contribution in [2.24, 2.45) is 5.41 Å². The van der Waals surface area contributed by atoms with Crippen LogP contribution in [0.3, 0.4) is 0 Å². The molecular weight excluding hydrogens is 604 g/mol. The lowest BCUT2D eigenvalue weighted by Crippen LogP contribution is -2.57. The zero-order valence-electron chi connectivity index (χ0n) is 26.8. The second-order valence-corrected chi connectivity index (χ2v) is 12.8. The third-order valence-corrected chi connectivity index (χ3v) is 9.41. The number of carbonyl (C=O) groups is 5. The number of piperidine rings is 1. The number of benzene rings is 1. The largest absolute Gasteiger partial charge is 0.484 e. The number of aliphatic hydroxyl groups is 1. The van der Waals surface area contributed by atoms with E-state index in [1.807, 2.05) is 35.2 Å². The summed E-state index contributed by atoms with van der Waals surface area (Å²) in [7, 11) is 0. The molecule has 1 aromatic carbocycles. The van der Waals surface area contributed by atoms with E-state index < -0.39 is 53.8 Å². The highest BCUT2D eigenvalue weighted by atomic mass is 16.5. The van der Waals surface area contributed by atoms with Crippen LogP contribution in [0.4, 0.5) is 0 Å². The Morgan fingerprint density at radius 2 is 1.87 bits per heavy atom. The van der Waals surface area contributed by atoms with Crippen LogP contribution in [0.5, 0.6) is 5.75 Å². The summed E-state index contributed by atoms with van der Waals surface area (Å²) in [6.07, 6.45) is 7.24. The summed E-state index contributed by atoms with van der Waals surface area (Å²) >= 11 is 0. The van der Waals surface area contributed by atoms with Crippen molar-refractivity contribution < 1.29 is 33.8 Å². The number of amides is 5. The molecule has 4 N–H and O–H groups in total. The predicted octanol–water partition coefficient (Wildman–Crippen LogP) is 0.347. The van der Waals surface area contributed by atoms with Gasteiger partial charge in [0.05, 0.1) is 6.61 Å². The van der Waals surface area contributed by atoms with Crippen LogP contribution in [0.1, 0.15) is 50.2 Å². The molecule has 252 valence electrons. The van der Waals surface area contributed by atoms with Gasteiger partial charge in [0, 0.05) is 45.0 Å². The van der Waals surface area contributed by atoms with E-state index >= 15 is 0 Å². The van der Waals surface area contributed by atoms with E-state index in [0.29, 0.717) is 70.3 Å². The van der Waals surface area contributed by atoms with Crippen LogP contribution in [-0.2, 0) is 36.8 Å². The Labute approximate surface area is 274 Å². The minimum Gasteiger partial charge on any atom is -0.484 e. The minimum absolute atomic E-state index is 0.0642. The topological polar surface area (TPSA) is 170 Å². The zero-order chi connectivity index (χ0) is 33.4. The van der Waals surface area contributed by atoms with Gasteiger partial charge in [0.15, 0.2) is 6.61 Å². The first-order chi connectivity index (χ1) is 22.7. The lowest BCUT2D eigenvalue weighted by atomic mass is 9.73. The molecule has 1 aromatic heterocycles. The van der Waals surface area contributed by atoms with Crippen LogP contribution in [0.2, 0.25) is 0 Å². The normalized spacial score (nSPS) is 24.2. The molecule has 2 aromatic rings. The summed E-state index contributed by atoms with van der Waals surface area (Å²) in [5.41, 5.74) is 1.51. The summed E-state index contributed by atoms with van der Waals surface area (Å²) < 4.78 is 5.79. The van der Waals surface area contributed by atoms with E-state index in [1.54, 1.807) is 25.4 Å². The molecule has 13 nitrogen and oxygen atoms in total. The molecule has 1 spiro atoms. The van der Waals surface area contributed by atoms with Gasteiger partial charge >= 0.3 is 0 Å². The standard InChI is InChI=1S/C34H44N6O7/c1-23-33(46)40-14-4-8-28(40)32(45)38-27(20-41)31(44)36-22-34(18-25-5-2-7-26(17-25)47-21-29(42)37-23)11-15-39(16-12-34)30(43)10-9-24-6-3-13-35-19-24/h2-3,5-7,13,17,19,23,27-28,41H,4,8-12,14-16,18,20-22H2,1H3,(H,36,44)(H,37,42)(H,38,45)/t23-,27-,28-/m0/s1. The molecule has 2 saturated heterocycles. The lowest BCUT2D eigenvalue weighted by Gasteiger charge is -2.42. The lowest BCUT2D eigenvalue weighted by molar-refractivity contribution is -0.142. The summed E-state index contributed by atoms with van der Waals surface area (Å²) in [6, 6.07) is 8.29. The molecule has 47 heavy (non-hydrogen) atoms. The third-order valence-electron chi connectivity index (χ3n) is 9.41. The van der Waals surface area contributed by atoms with E-state index in [1.165, 1.54) is 4.90 Å². The molecule has 4 heterocycles. The Balaban J connectivity index is 1.33. The number of nitrogens with zero attached hydrogens (tertiary/aromatic N) is 3. The molecule has 3 aliphatic heterocycles. The van der Waals surface area contributed by atoms with E-state index in [4.69, 9.17) is 4.74 Å². The Bertz CT molecular complexity index is 1450. The molecule has 5 rings (SSSR count). The van der Waals surface area contributed by atoms with Gasteiger partial charge in [-0.2, -0.15) is 0 Å². The number of aryl methyl sites for hydroxylation is 1. The van der Waals surface area contributed by atoms with Gasteiger partial charge in [-0.3, -0.25) is 29.0 Å². The second-order valence-electron chi connectivity index (χ2n) is 12.8. The Kier molecular flexibility index (Phi) is 11.1. The van der Waals surface area contributed by atoms with Crippen molar-refractivity contribution in [2.45, 2.75) is 70.0 Å². The van der Waals surface area contributed by atoms with Crippen molar-refractivity contribution in [1.29, 1.82) is 0 Å². The van der Waals surface area contributed by atoms with Crippen molar-refractivity contribution in [3.8, 4) is 5.75 Å². The van der Waals surface area contributed by atoms with E-state index in [2.05, 4.69) is 20.9 Å². The second kappa shape index (κ2) is 15.4. The molecule has 3 atom stereocenters. The molecule has 13 heteroatoms. The van der Waals surface area contributed by atoms with Crippen molar-refractivity contribution in [3.63, 3.8) is 0 Å². The van der Waals surface area contributed by atoms with Crippen molar-refractivity contribution >= 4 is 29.5 Å². The fraction of sp³-hybridized carbons (Fsp3) is 0.529. The van der Waals surface area contributed by atoms with Crippen LogP contribution in [0.15, 0.2) is 48.8 Å². The summed E-state index contributed by atoms with van der Waals surface area (Å²) in [4.78, 5) is 73.0. The first-order valence-electron chi connectivity index (χ1n) is 16.3. The Hall–Kier alpha value is -4.52. The van der Waals surface area contributed by atoms with Gasteiger partial charge in [-0.1, -0.05) is 18.2 Å². The molecular formula is C34H44N6O7. The number of hydrogen-bond acceptors (Lipinski definition) is 8. The fourth-order valence-corrected chi connectivity index (χ4v) is 6.69. The molecule has 2 bridgehead atoms. The monoisotopic (exact) mass is 648 g/mol. The van der Waals surface area contributed by atoms with Gasteiger partial charge in [-0.15, -0.1) is 0 Å². The molecule has 0 unspecified atom stereocenters. The highest BCUT2D eigenvalue weighted by molar-refractivity contribution is 5.94. The Morgan fingerprint density at radius 1 is 1.06 bits per heavy atom. The van der Waals surface area contributed by atoms with Gasteiger partial charge < -0.3 is 35.6 Å². The molecule has 3 aliphatic rings. The number of carbonyl (C=O) groups excluding carboxylic acids is 5. The van der Waals surface area contributed by atoms with Gasteiger partial charge in [-0.05, 0) is 80.2 Å². The predicted molar refractivity (Wildman–Crippen MR) is 171 cm³/mol. The maximum atomic E-state index is 13.4. The number of likely N-dealkylation sites (tertiary alicyclic amines) is 1. The summed E-state index contributed by atoms with van der Waals surface area (Å²) in [5.74, 6) is -1.39. The number of fused-ring (bicyclic) bond motifs is 3. The molecule has 5 amide bonds. The van der Waals surface area contributed by atoms with E-state index in [9.17, 15) is 29.1 Å². The van der Waals surface area contributed by atoms with Crippen LogP contribution >= 0.6 is 0 Å². The number of aromatic nitrogens is 1. The highest BCUT2D eigenvalue weighted by Gasteiger charge is 2.39. The molecule has 0 saturated carbocycles. The number of ether oxygens (including phenoxy) is 1. The number of aliphatic hydroxyl groups excluding tert-OH is 1. The van der Waals surface area contributed by atoms with Gasteiger partial charge in [0.1, 0.15) is 23.9 Å². The van der Waals surface area contributed by atoms with Gasteiger partial charge in [0.2, 0.25) is 23.6 Å². The fourth-order valence-electron chi connectivity index (χ4n) is 6.69. The average Bonchev–Trinajstić information content (AvgIpc) is 3.58. The van der Waals surface area contributed by atoms with Crippen LogP contribution in [0.25, 0.3) is 0 Å². The molecule has 0 aliphatic carbocycles. The maximum Gasteiger partial charge on any atom is 0.258 e. The van der Waals surface area contributed by atoms with Crippen LogP contribution < -0.4 is 20.7 Å². The minimum atomic E-state index is -1.21. The summed E-state index contributed by atoms with van der Waals surface area (Å²) in [5, 5.41) is 18.3. The smallest absolute Gasteiger partial charge is 0.258 e. The van der Waals surface area contributed by atoms with Crippen molar-refractivity contribution in [1.82, 2.24) is 30.7 Å². The molecule has 0 radical (unpaired) electrons. The van der Waals surface area contributed by atoms with E-state index in [-0.39, 0.29) is 19.1 Å². The highest BCUT2D eigenvalue weighted by Crippen LogP contribution is 2.36. The quantitative estimate of drug-likeness (QED) is 0.368. The van der Waals surface area contributed by atoms with Crippen LogP contribution in [0, 0.1) is 5.41 Å². The van der Waals surface area contributed by atoms with E-state index in [0.717, 1.165) is 11.1 Å². The first kappa shape index (κ1) is 33.8. The maximum absolute atomic E-state index is 13.4. The van der Waals surface area contributed by atoms with Gasteiger partial charge in [-0.25, -0.2) is 0 Å². The van der Waals surface area contributed by atoms with Gasteiger partial charge in [0.25, 0.3) is 5.91 Å². The number of pyridine rings is 1. The molecule has 2 fully saturated rings. The average molecular weight is 649 g/mol.